The Morgan fingerprint density at radius 1 is 0.393 bits per heavy atom. The number of fused-ring (bicyclic) bond motifs is 15. The summed E-state index contributed by atoms with van der Waals surface area (Å²) < 4.78 is 2.47. The number of nitrogens with zero attached hydrogens (tertiary/aromatic N) is 1. The Kier molecular flexibility index (Phi) is 6.65. The first-order chi connectivity index (χ1) is 27.4. The summed E-state index contributed by atoms with van der Waals surface area (Å²) in [7, 11) is 0. The molecular formula is C53H35NOTe. The molecule has 3 heteroatoms. The summed E-state index contributed by atoms with van der Waals surface area (Å²) in [6, 6.07) is 64.6. The van der Waals surface area contributed by atoms with Gasteiger partial charge in [0, 0.05) is 5.41 Å². The van der Waals surface area contributed by atoms with E-state index in [4.69, 9.17) is 0 Å². The van der Waals surface area contributed by atoms with Crippen LogP contribution in [0, 0.1) is 0 Å². The van der Waals surface area contributed by atoms with Gasteiger partial charge in [-0.3, -0.25) is 0 Å². The van der Waals surface area contributed by atoms with Gasteiger partial charge in [0.05, 0.1) is 0 Å². The van der Waals surface area contributed by atoms with Gasteiger partial charge in [0.2, 0.25) is 0 Å². The van der Waals surface area contributed by atoms with Crippen LogP contribution in [0.25, 0.3) is 51.0 Å². The van der Waals surface area contributed by atoms with E-state index in [0.29, 0.717) is 0 Å². The molecule has 0 saturated carbocycles. The summed E-state index contributed by atoms with van der Waals surface area (Å²) >= 11 is -0.729. The number of hydrogen-bond acceptors (Lipinski definition) is 2. The number of rotatable bonds is 3. The average molecular weight is 829 g/mol. The van der Waals surface area contributed by atoms with Gasteiger partial charge in [0.25, 0.3) is 0 Å². The fraction of sp³-hybridized carbons (Fsp3) is 0.0755. The van der Waals surface area contributed by atoms with E-state index in [2.05, 4.69) is 183 Å². The number of para-hydroxylation sites is 1. The van der Waals surface area contributed by atoms with Crippen molar-refractivity contribution in [3.05, 3.63) is 220 Å². The van der Waals surface area contributed by atoms with E-state index in [0.717, 1.165) is 27.8 Å². The topological polar surface area (TPSA) is 20.3 Å². The van der Waals surface area contributed by atoms with Crippen LogP contribution in [0.1, 0.15) is 47.2 Å². The van der Waals surface area contributed by atoms with E-state index in [1.165, 1.54) is 73.6 Å². The van der Waals surface area contributed by atoms with Crippen LogP contribution in [0.2, 0.25) is 0 Å². The summed E-state index contributed by atoms with van der Waals surface area (Å²) in [4.78, 5) is 16.8. The van der Waals surface area contributed by atoms with Crippen LogP contribution in [0.4, 0.5) is 17.1 Å². The Morgan fingerprint density at radius 3 is 1.62 bits per heavy atom. The SMILES string of the molecule is CC1(C)c2ccccc2-c2ccc(N(c3ccccc3)c3ccc4c(c3)C3(c5ccccc5-4)c4ccccc4-c4cc5[te]c6ccccc6c(=O)c5cc43)cc21. The fourth-order valence-corrected chi connectivity index (χ4v) is 13.5. The Bertz CT molecular complexity index is 3210. The molecule has 1 unspecified atom stereocenters. The molecule has 3 aliphatic carbocycles. The Morgan fingerprint density at radius 2 is 0.911 bits per heavy atom. The quantitative estimate of drug-likeness (QED) is 0.131. The molecule has 0 fully saturated rings. The molecular weight excluding hydrogens is 794 g/mol. The van der Waals surface area contributed by atoms with Gasteiger partial charge in [-0.05, 0) is 16.7 Å². The van der Waals surface area contributed by atoms with Crippen LogP contribution in [-0.4, -0.2) is 20.4 Å². The summed E-state index contributed by atoms with van der Waals surface area (Å²) in [6.45, 7) is 4.70. The van der Waals surface area contributed by atoms with Gasteiger partial charge in [0.1, 0.15) is 0 Å². The van der Waals surface area contributed by atoms with E-state index in [1.807, 2.05) is 12.1 Å². The molecule has 1 spiro atoms. The van der Waals surface area contributed by atoms with E-state index in [1.54, 1.807) is 0 Å². The van der Waals surface area contributed by atoms with Crippen molar-refractivity contribution in [3.8, 4) is 33.4 Å². The van der Waals surface area contributed by atoms with Gasteiger partial charge in [0.15, 0.2) is 0 Å². The summed E-state index contributed by atoms with van der Waals surface area (Å²) in [6.07, 6.45) is 0. The van der Waals surface area contributed by atoms with Crippen molar-refractivity contribution < 1.29 is 0 Å². The summed E-state index contributed by atoms with van der Waals surface area (Å²) in [5, 5.41) is 1.76. The van der Waals surface area contributed by atoms with Gasteiger partial charge < -0.3 is 0 Å². The van der Waals surface area contributed by atoms with E-state index in [9.17, 15) is 4.79 Å². The Hall–Kier alpha value is -5.98. The predicted octanol–water partition coefficient (Wildman–Crippen LogP) is 12.5. The molecule has 0 aliphatic heterocycles. The van der Waals surface area contributed by atoms with Gasteiger partial charge in [-0.2, -0.15) is 0 Å². The van der Waals surface area contributed by atoms with Gasteiger partial charge in [-0.15, -0.1) is 0 Å². The van der Waals surface area contributed by atoms with Crippen LogP contribution < -0.4 is 10.3 Å². The van der Waals surface area contributed by atoms with Crippen LogP contribution in [0.5, 0.6) is 0 Å². The van der Waals surface area contributed by atoms with E-state index < -0.39 is 25.8 Å². The van der Waals surface area contributed by atoms with Crippen molar-refractivity contribution in [1.82, 2.24) is 0 Å². The molecule has 0 bridgehead atoms. The third-order valence-electron chi connectivity index (χ3n) is 12.9. The fourth-order valence-electron chi connectivity index (χ4n) is 10.4. The molecule has 0 radical (unpaired) electrons. The number of anilines is 3. The van der Waals surface area contributed by atoms with Crippen LogP contribution in [0.15, 0.2) is 181 Å². The molecule has 1 atom stereocenters. The third-order valence-corrected chi connectivity index (χ3v) is 16.1. The number of hydrogen-bond donors (Lipinski definition) is 0. The summed E-state index contributed by atoms with van der Waals surface area (Å²) in [5.41, 5.74) is 18.2. The van der Waals surface area contributed by atoms with Crippen molar-refractivity contribution in [1.29, 1.82) is 0 Å². The molecule has 12 rings (SSSR count). The Balaban J connectivity index is 1.14. The molecule has 0 amide bonds. The van der Waals surface area contributed by atoms with E-state index >= 15 is 0 Å². The zero-order valence-corrected chi connectivity index (χ0v) is 33.3. The standard InChI is InChI=1S/C53H35NOTe/c1-52(2)43-20-10-6-16-35(43)38-26-24-33(28-46(38)52)54(32-14-4-3-5-15-32)34-25-27-39-36-17-7-11-21-44(36)53(47(39)29-34)45-22-12-8-18-37(45)41-31-50-42(30-48(41)53)51(55)40-19-9-13-23-49(40)56-50/h3-31H,1-2H3. The zero-order chi connectivity index (χ0) is 37.3. The molecule has 9 aromatic rings. The van der Waals surface area contributed by atoms with Crippen molar-refractivity contribution >= 4 is 55.1 Å². The molecule has 264 valence electrons. The predicted molar refractivity (Wildman–Crippen MR) is 233 cm³/mol. The molecule has 0 N–H and O–H groups in total. The average Bonchev–Trinajstić information content (AvgIpc) is 3.79. The van der Waals surface area contributed by atoms with E-state index in [-0.39, 0.29) is 10.8 Å². The molecule has 56 heavy (non-hydrogen) atoms. The second kappa shape index (κ2) is 11.5. The molecule has 2 nitrogen and oxygen atoms in total. The Labute approximate surface area is 335 Å². The van der Waals surface area contributed by atoms with Crippen molar-refractivity contribution in [2.45, 2.75) is 24.7 Å². The molecule has 8 aromatic carbocycles. The van der Waals surface area contributed by atoms with Crippen molar-refractivity contribution in [2.75, 3.05) is 4.90 Å². The molecule has 1 heterocycles. The van der Waals surface area contributed by atoms with Crippen molar-refractivity contribution in [3.63, 3.8) is 0 Å². The second-order valence-corrected chi connectivity index (χ2v) is 19.1. The molecule has 3 aliphatic rings. The van der Waals surface area contributed by atoms with Crippen LogP contribution in [0.3, 0.4) is 0 Å². The maximum atomic E-state index is 14.3. The first kappa shape index (κ1) is 32.3. The number of benzene rings is 8. The maximum absolute atomic E-state index is 14.3. The summed E-state index contributed by atoms with van der Waals surface area (Å²) in [5.74, 6) is 0. The zero-order valence-electron chi connectivity index (χ0n) is 31.0. The minimum atomic E-state index is -0.729. The van der Waals surface area contributed by atoms with Gasteiger partial charge >= 0.3 is 271 Å². The second-order valence-electron chi connectivity index (χ2n) is 16.0. The molecule has 0 saturated heterocycles. The first-order valence-corrected chi connectivity index (χ1v) is 21.7. The molecule has 1 aromatic heterocycles. The van der Waals surface area contributed by atoms with Gasteiger partial charge in [-0.1, -0.05) is 44.2 Å². The van der Waals surface area contributed by atoms with Crippen LogP contribution in [-0.2, 0) is 10.8 Å². The van der Waals surface area contributed by atoms with Crippen LogP contribution >= 0.6 is 0 Å². The minimum absolute atomic E-state index is 0.120. The monoisotopic (exact) mass is 831 g/mol. The normalized spacial score (nSPS) is 16.3. The third kappa shape index (κ3) is 4.15. The van der Waals surface area contributed by atoms with Gasteiger partial charge in [-0.25, -0.2) is 0 Å². The van der Waals surface area contributed by atoms with Crippen molar-refractivity contribution in [2.24, 2.45) is 0 Å². The first-order valence-electron chi connectivity index (χ1n) is 19.4.